The molecule has 0 aromatic rings. The number of esters is 1. The lowest BCUT2D eigenvalue weighted by Gasteiger charge is -2.40. The van der Waals surface area contributed by atoms with Gasteiger partial charge in [0.2, 0.25) is 0 Å². The molecule has 2 saturated heterocycles. The van der Waals surface area contributed by atoms with E-state index in [0.717, 1.165) is 39.4 Å². The summed E-state index contributed by atoms with van der Waals surface area (Å²) in [5, 5.41) is 0. The summed E-state index contributed by atoms with van der Waals surface area (Å²) in [5.74, 6) is -0.110. The molecule has 0 atom stereocenters. The summed E-state index contributed by atoms with van der Waals surface area (Å²) in [4.78, 5) is 21.7. The first-order chi connectivity index (χ1) is 10.9. The summed E-state index contributed by atoms with van der Waals surface area (Å²) in [6.45, 7) is 19.3. The summed E-state index contributed by atoms with van der Waals surface area (Å²) >= 11 is 0. The normalized spacial score (nSPS) is 23.1. The summed E-state index contributed by atoms with van der Waals surface area (Å²) in [6.07, 6.45) is 0. The quantitative estimate of drug-likeness (QED) is 0.687. The molecule has 0 saturated carbocycles. The van der Waals surface area contributed by atoms with Gasteiger partial charge in [0.25, 0.3) is 0 Å². The van der Waals surface area contributed by atoms with E-state index in [0.29, 0.717) is 6.54 Å². The van der Waals surface area contributed by atoms with E-state index in [1.165, 1.54) is 26.2 Å². The van der Waals surface area contributed by atoms with Gasteiger partial charge < -0.3 is 9.64 Å². The largest absolute Gasteiger partial charge is 0.459 e. The second kappa shape index (κ2) is 8.42. The molecule has 0 aliphatic carbocycles. The van der Waals surface area contributed by atoms with Gasteiger partial charge in [0, 0.05) is 52.4 Å². The van der Waals surface area contributed by atoms with Gasteiger partial charge >= 0.3 is 5.97 Å². The lowest BCUT2D eigenvalue weighted by molar-refractivity contribution is -0.156. The Balaban J connectivity index is 1.63. The highest BCUT2D eigenvalue weighted by Crippen LogP contribution is 2.09. The molecule has 134 valence electrons. The minimum absolute atomic E-state index is 0.110. The third kappa shape index (κ3) is 6.75. The number of likely N-dealkylation sites (N-methyl/N-ethyl adjacent to an activating group) is 1. The topological polar surface area (TPSA) is 39.3 Å². The van der Waals surface area contributed by atoms with Crippen molar-refractivity contribution in [3.63, 3.8) is 0 Å². The van der Waals surface area contributed by atoms with E-state index in [1.807, 2.05) is 20.8 Å². The monoisotopic (exact) mass is 326 g/mol. The Kier molecular flexibility index (Phi) is 6.83. The van der Waals surface area contributed by atoms with Crippen molar-refractivity contribution < 1.29 is 9.53 Å². The average Bonchev–Trinajstić information content (AvgIpc) is 2.48. The Morgan fingerprint density at radius 1 is 0.826 bits per heavy atom. The van der Waals surface area contributed by atoms with Gasteiger partial charge in [0.05, 0.1) is 13.2 Å². The SMILES string of the molecule is CCN1CCN(CN2CCN(CC(=O)OC(C)(C)C)CC2)CC1. The fourth-order valence-corrected chi connectivity index (χ4v) is 3.17. The third-order valence-corrected chi connectivity index (χ3v) is 4.55. The second-order valence-corrected chi connectivity index (χ2v) is 7.67. The van der Waals surface area contributed by atoms with Crippen molar-refractivity contribution in [2.45, 2.75) is 33.3 Å². The fraction of sp³-hybridized carbons (Fsp3) is 0.941. The van der Waals surface area contributed by atoms with E-state index in [2.05, 4.69) is 26.5 Å². The third-order valence-electron chi connectivity index (χ3n) is 4.55. The molecule has 0 spiro atoms. The van der Waals surface area contributed by atoms with Gasteiger partial charge in [-0.2, -0.15) is 0 Å². The maximum atomic E-state index is 11.9. The zero-order chi connectivity index (χ0) is 16.9. The van der Waals surface area contributed by atoms with Gasteiger partial charge in [-0.15, -0.1) is 0 Å². The standard InChI is InChI=1S/C17H34N4O2/c1-5-18-6-10-20(11-7-18)15-21-12-8-19(9-13-21)14-16(22)23-17(2,3)4/h5-15H2,1-4H3. The molecule has 2 aliphatic rings. The van der Waals surface area contributed by atoms with Crippen molar-refractivity contribution in [2.24, 2.45) is 0 Å². The molecule has 2 heterocycles. The Hall–Kier alpha value is -0.690. The van der Waals surface area contributed by atoms with E-state index >= 15 is 0 Å². The smallest absolute Gasteiger partial charge is 0.320 e. The van der Waals surface area contributed by atoms with E-state index in [1.54, 1.807) is 0 Å². The predicted molar refractivity (Wildman–Crippen MR) is 92.4 cm³/mol. The van der Waals surface area contributed by atoms with Crippen molar-refractivity contribution in [1.29, 1.82) is 0 Å². The van der Waals surface area contributed by atoms with Crippen LogP contribution in [0.5, 0.6) is 0 Å². The van der Waals surface area contributed by atoms with Crippen LogP contribution in [0.25, 0.3) is 0 Å². The van der Waals surface area contributed by atoms with Crippen molar-refractivity contribution in [2.75, 3.05) is 72.1 Å². The summed E-state index contributed by atoms with van der Waals surface area (Å²) in [7, 11) is 0. The summed E-state index contributed by atoms with van der Waals surface area (Å²) in [6, 6.07) is 0. The van der Waals surface area contributed by atoms with E-state index in [-0.39, 0.29) is 11.6 Å². The lowest BCUT2D eigenvalue weighted by Crippen LogP contribution is -2.54. The Morgan fingerprint density at radius 3 is 1.70 bits per heavy atom. The predicted octanol–water partition coefficient (Wildman–Crippen LogP) is 0.541. The van der Waals surface area contributed by atoms with E-state index < -0.39 is 0 Å². The van der Waals surface area contributed by atoms with Gasteiger partial charge in [-0.25, -0.2) is 0 Å². The molecule has 0 radical (unpaired) electrons. The zero-order valence-electron chi connectivity index (χ0n) is 15.4. The molecule has 2 rings (SSSR count). The van der Waals surface area contributed by atoms with Gasteiger partial charge in [-0.05, 0) is 27.3 Å². The molecule has 2 aliphatic heterocycles. The molecular formula is C17H34N4O2. The zero-order valence-corrected chi connectivity index (χ0v) is 15.4. The Morgan fingerprint density at radius 2 is 1.26 bits per heavy atom. The van der Waals surface area contributed by atoms with Crippen LogP contribution in [0.2, 0.25) is 0 Å². The lowest BCUT2D eigenvalue weighted by atomic mass is 10.2. The molecule has 23 heavy (non-hydrogen) atoms. The number of rotatable bonds is 5. The minimum Gasteiger partial charge on any atom is -0.459 e. The number of carbonyl (C=O) groups is 1. The molecule has 0 bridgehead atoms. The van der Waals surface area contributed by atoms with Crippen LogP contribution in [-0.2, 0) is 9.53 Å². The maximum Gasteiger partial charge on any atom is 0.320 e. The number of hydrogen-bond acceptors (Lipinski definition) is 6. The minimum atomic E-state index is -0.389. The van der Waals surface area contributed by atoms with Crippen LogP contribution in [0.3, 0.4) is 0 Å². The van der Waals surface area contributed by atoms with Gasteiger partial charge in [0.1, 0.15) is 5.60 Å². The molecule has 0 aromatic heterocycles. The van der Waals surface area contributed by atoms with Crippen LogP contribution in [-0.4, -0.2) is 103 Å². The molecule has 0 amide bonds. The van der Waals surface area contributed by atoms with Crippen molar-refractivity contribution in [1.82, 2.24) is 19.6 Å². The van der Waals surface area contributed by atoms with Gasteiger partial charge in [0.15, 0.2) is 0 Å². The highest BCUT2D eigenvalue weighted by molar-refractivity contribution is 5.72. The fourth-order valence-electron chi connectivity index (χ4n) is 3.17. The van der Waals surface area contributed by atoms with Crippen LogP contribution < -0.4 is 0 Å². The number of nitrogens with zero attached hydrogens (tertiary/aromatic N) is 4. The van der Waals surface area contributed by atoms with Gasteiger partial charge in [-0.3, -0.25) is 19.5 Å². The number of hydrogen-bond donors (Lipinski definition) is 0. The molecule has 0 unspecified atom stereocenters. The van der Waals surface area contributed by atoms with Crippen LogP contribution >= 0.6 is 0 Å². The van der Waals surface area contributed by atoms with E-state index in [9.17, 15) is 4.79 Å². The molecule has 2 fully saturated rings. The average molecular weight is 326 g/mol. The van der Waals surface area contributed by atoms with Gasteiger partial charge in [-0.1, -0.05) is 6.92 Å². The summed E-state index contributed by atoms with van der Waals surface area (Å²) in [5.41, 5.74) is -0.389. The van der Waals surface area contributed by atoms with Crippen LogP contribution in [0.4, 0.5) is 0 Å². The maximum absolute atomic E-state index is 11.9. The number of piperazine rings is 2. The van der Waals surface area contributed by atoms with Crippen molar-refractivity contribution in [3.8, 4) is 0 Å². The Labute approximate surface area is 141 Å². The van der Waals surface area contributed by atoms with Crippen LogP contribution in [0, 0.1) is 0 Å². The number of carbonyl (C=O) groups excluding carboxylic acids is 1. The molecule has 6 nitrogen and oxygen atoms in total. The van der Waals surface area contributed by atoms with E-state index in [4.69, 9.17) is 4.74 Å². The first-order valence-corrected chi connectivity index (χ1v) is 8.97. The highest BCUT2D eigenvalue weighted by Gasteiger charge is 2.24. The summed E-state index contributed by atoms with van der Waals surface area (Å²) < 4.78 is 5.40. The molecule has 6 heteroatoms. The van der Waals surface area contributed by atoms with Crippen LogP contribution in [0.1, 0.15) is 27.7 Å². The van der Waals surface area contributed by atoms with Crippen molar-refractivity contribution >= 4 is 5.97 Å². The second-order valence-electron chi connectivity index (χ2n) is 7.67. The molecular weight excluding hydrogens is 292 g/mol. The molecule has 0 N–H and O–H groups in total. The van der Waals surface area contributed by atoms with Crippen LogP contribution in [0.15, 0.2) is 0 Å². The first kappa shape index (κ1) is 18.6. The first-order valence-electron chi connectivity index (χ1n) is 8.97. The highest BCUT2D eigenvalue weighted by atomic mass is 16.6. The number of ether oxygens (including phenoxy) is 1. The van der Waals surface area contributed by atoms with Crippen molar-refractivity contribution in [3.05, 3.63) is 0 Å². The Bertz CT molecular complexity index is 367. The molecule has 0 aromatic carbocycles.